The van der Waals surface area contributed by atoms with Crippen molar-refractivity contribution in [2.24, 2.45) is 0 Å². The predicted molar refractivity (Wildman–Crippen MR) is 87.7 cm³/mol. The van der Waals surface area contributed by atoms with Crippen LogP contribution in [0.2, 0.25) is 0 Å². The van der Waals surface area contributed by atoms with Gasteiger partial charge in [0.25, 0.3) is 5.91 Å². The molecule has 2 rings (SSSR count). The molecule has 0 spiro atoms. The minimum Gasteiger partial charge on any atom is -0.448 e. The molecular weight excluding hydrogens is 316 g/mol. The van der Waals surface area contributed by atoms with Gasteiger partial charge in [0.1, 0.15) is 10.7 Å². The Hall–Kier alpha value is -2.22. The Balaban J connectivity index is 2.01. The van der Waals surface area contributed by atoms with Gasteiger partial charge in [0.15, 0.2) is 6.10 Å². The number of esters is 1. The second kappa shape index (κ2) is 6.91. The number of ether oxygens (including phenoxy) is 1. The van der Waals surface area contributed by atoms with E-state index in [9.17, 15) is 9.59 Å². The van der Waals surface area contributed by atoms with E-state index in [0.717, 1.165) is 5.01 Å². The molecule has 8 heteroatoms. The molecule has 0 radical (unpaired) electrons. The van der Waals surface area contributed by atoms with Gasteiger partial charge in [-0.25, -0.2) is 14.5 Å². The molecule has 2 aromatic heterocycles. The number of thiazole rings is 1. The van der Waals surface area contributed by atoms with E-state index in [1.807, 2.05) is 20.8 Å². The summed E-state index contributed by atoms with van der Waals surface area (Å²) in [5.41, 5.74) is 0.614. The molecule has 2 aromatic rings. The zero-order valence-electron chi connectivity index (χ0n) is 13.8. The fraction of sp³-hybridized carbons (Fsp3) is 0.467. The van der Waals surface area contributed by atoms with Crippen LogP contribution in [0.3, 0.4) is 0 Å². The molecule has 0 saturated carbocycles. The maximum atomic E-state index is 12.2. The van der Waals surface area contributed by atoms with Crippen LogP contribution in [0.15, 0.2) is 12.3 Å². The fourth-order valence-electron chi connectivity index (χ4n) is 2.04. The lowest BCUT2D eigenvalue weighted by Crippen LogP contribution is -2.31. The summed E-state index contributed by atoms with van der Waals surface area (Å²) in [5, 5.41) is 7.64. The smallest absolute Gasteiger partial charge is 0.351 e. The molecule has 0 saturated heterocycles. The van der Waals surface area contributed by atoms with Crippen LogP contribution in [0.5, 0.6) is 0 Å². The van der Waals surface area contributed by atoms with Gasteiger partial charge in [-0.05, 0) is 34.6 Å². The first kappa shape index (κ1) is 17.1. The summed E-state index contributed by atoms with van der Waals surface area (Å²) in [4.78, 5) is 28.9. The van der Waals surface area contributed by atoms with Crippen LogP contribution in [0.1, 0.15) is 47.2 Å². The minimum atomic E-state index is -0.917. The molecule has 1 N–H and O–H groups in total. The minimum absolute atomic E-state index is 0.112. The third kappa shape index (κ3) is 3.95. The normalized spacial score (nSPS) is 12.3. The highest BCUT2D eigenvalue weighted by Crippen LogP contribution is 2.19. The van der Waals surface area contributed by atoms with Gasteiger partial charge in [-0.15, -0.1) is 11.3 Å². The Morgan fingerprint density at radius 2 is 2.00 bits per heavy atom. The molecule has 1 amide bonds. The third-order valence-electron chi connectivity index (χ3n) is 3.15. The Kier molecular flexibility index (Phi) is 5.15. The number of carbonyl (C=O) groups excluding carboxylic acids is 2. The van der Waals surface area contributed by atoms with Crippen LogP contribution < -0.4 is 5.32 Å². The van der Waals surface area contributed by atoms with E-state index >= 15 is 0 Å². The van der Waals surface area contributed by atoms with Crippen molar-refractivity contribution >= 4 is 29.0 Å². The van der Waals surface area contributed by atoms with Crippen molar-refractivity contribution in [2.75, 3.05) is 5.32 Å². The summed E-state index contributed by atoms with van der Waals surface area (Å²) in [6.07, 6.45) is 0.690. The Morgan fingerprint density at radius 1 is 1.30 bits per heavy atom. The van der Waals surface area contributed by atoms with E-state index < -0.39 is 18.0 Å². The van der Waals surface area contributed by atoms with Crippen molar-refractivity contribution in [1.29, 1.82) is 0 Å². The average molecular weight is 336 g/mol. The van der Waals surface area contributed by atoms with Crippen molar-refractivity contribution in [1.82, 2.24) is 14.8 Å². The van der Waals surface area contributed by atoms with E-state index in [0.29, 0.717) is 16.4 Å². The molecule has 124 valence electrons. The maximum Gasteiger partial charge on any atom is 0.351 e. The Labute approximate surface area is 138 Å². The second-order valence-electron chi connectivity index (χ2n) is 5.44. The number of hydrogen-bond acceptors (Lipinski definition) is 6. The van der Waals surface area contributed by atoms with Gasteiger partial charge in [-0.3, -0.25) is 4.79 Å². The van der Waals surface area contributed by atoms with Gasteiger partial charge >= 0.3 is 5.97 Å². The van der Waals surface area contributed by atoms with Crippen molar-refractivity contribution in [3.63, 3.8) is 0 Å². The summed E-state index contributed by atoms with van der Waals surface area (Å²) < 4.78 is 6.91. The summed E-state index contributed by atoms with van der Waals surface area (Å²) in [6, 6.07) is 1.81. The van der Waals surface area contributed by atoms with Crippen LogP contribution in [-0.4, -0.2) is 32.7 Å². The molecule has 0 bridgehead atoms. The molecule has 0 aromatic carbocycles. The van der Waals surface area contributed by atoms with Crippen molar-refractivity contribution < 1.29 is 14.3 Å². The number of aromatic nitrogens is 3. The molecule has 7 nitrogen and oxygen atoms in total. The van der Waals surface area contributed by atoms with E-state index in [-0.39, 0.29) is 6.04 Å². The summed E-state index contributed by atoms with van der Waals surface area (Å²) in [5.74, 6) is -0.370. The van der Waals surface area contributed by atoms with Crippen LogP contribution in [0.25, 0.3) is 0 Å². The van der Waals surface area contributed by atoms with E-state index in [4.69, 9.17) is 4.74 Å². The quantitative estimate of drug-likeness (QED) is 0.849. The highest BCUT2D eigenvalue weighted by molar-refractivity contribution is 7.13. The zero-order valence-corrected chi connectivity index (χ0v) is 14.6. The Bertz CT molecular complexity index is 720. The molecule has 2 heterocycles. The lowest BCUT2D eigenvalue weighted by atomic mass is 10.3. The van der Waals surface area contributed by atoms with Crippen LogP contribution >= 0.6 is 11.3 Å². The van der Waals surface area contributed by atoms with Gasteiger partial charge in [0.05, 0.1) is 16.9 Å². The standard InChI is InChI=1S/C15H20N4O3S/c1-8(2)19-12(6-7-16-19)18-14(20)10(4)22-15(21)13-9(3)17-11(5)23-13/h6-8,10H,1-5H3,(H,18,20). The highest BCUT2D eigenvalue weighted by Gasteiger charge is 2.23. The van der Waals surface area contributed by atoms with Gasteiger partial charge in [0, 0.05) is 12.1 Å². The van der Waals surface area contributed by atoms with Crippen molar-refractivity contribution in [3.8, 4) is 0 Å². The maximum absolute atomic E-state index is 12.2. The SMILES string of the molecule is Cc1nc(C)c(C(=O)OC(C)C(=O)Nc2ccnn2C(C)C)s1. The number of anilines is 1. The third-order valence-corrected chi connectivity index (χ3v) is 4.21. The van der Waals surface area contributed by atoms with E-state index in [2.05, 4.69) is 15.4 Å². The van der Waals surface area contributed by atoms with Crippen LogP contribution in [0, 0.1) is 13.8 Å². The van der Waals surface area contributed by atoms with Crippen LogP contribution in [-0.2, 0) is 9.53 Å². The lowest BCUT2D eigenvalue weighted by Gasteiger charge is -2.15. The van der Waals surface area contributed by atoms with Gasteiger partial charge in [0.2, 0.25) is 0 Å². The number of amides is 1. The molecule has 0 aliphatic carbocycles. The first-order chi connectivity index (χ1) is 10.8. The monoisotopic (exact) mass is 336 g/mol. The topological polar surface area (TPSA) is 86.1 Å². The van der Waals surface area contributed by atoms with Gasteiger partial charge in [-0.2, -0.15) is 5.10 Å². The van der Waals surface area contributed by atoms with Crippen molar-refractivity contribution in [3.05, 3.63) is 27.8 Å². The molecule has 23 heavy (non-hydrogen) atoms. The number of rotatable bonds is 5. The summed E-state index contributed by atoms with van der Waals surface area (Å²) in [6.45, 7) is 9.01. The molecule has 0 aliphatic heterocycles. The number of hydrogen-bond donors (Lipinski definition) is 1. The van der Waals surface area contributed by atoms with E-state index in [1.165, 1.54) is 18.3 Å². The molecule has 0 fully saturated rings. The molecule has 1 atom stereocenters. The molecule has 1 unspecified atom stereocenters. The number of aryl methyl sites for hydroxylation is 2. The van der Waals surface area contributed by atoms with Gasteiger partial charge < -0.3 is 10.1 Å². The largest absolute Gasteiger partial charge is 0.448 e. The molecule has 0 aliphatic rings. The van der Waals surface area contributed by atoms with E-state index in [1.54, 1.807) is 23.9 Å². The second-order valence-corrected chi connectivity index (χ2v) is 6.64. The van der Waals surface area contributed by atoms with Crippen molar-refractivity contribution in [2.45, 2.75) is 46.8 Å². The summed E-state index contributed by atoms with van der Waals surface area (Å²) in [7, 11) is 0. The average Bonchev–Trinajstić information content (AvgIpc) is 3.04. The number of nitrogens with zero attached hydrogens (tertiary/aromatic N) is 3. The Morgan fingerprint density at radius 3 is 2.57 bits per heavy atom. The lowest BCUT2D eigenvalue weighted by molar-refractivity contribution is -0.123. The first-order valence-electron chi connectivity index (χ1n) is 7.29. The first-order valence-corrected chi connectivity index (χ1v) is 8.10. The van der Waals surface area contributed by atoms with Crippen LogP contribution in [0.4, 0.5) is 5.82 Å². The number of carbonyl (C=O) groups is 2. The molecular formula is C15H20N4O3S. The summed E-state index contributed by atoms with van der Waals surface area (Å²) >= 11 is 1.26. The van der Waals surface area contributed by atoms with Gasteiger partial charge in [-0.1, -0.05) is 0 Å². The predicted octanol–water partition coefficient (Wildman–Crippen LogP) is 2.72. The fourth-order valence-corrected chi connectivity index (χ4v) is 2.84. The zero-order chi connectivity index (χ0) is 17.1. The highest BCUT2D eigenvalue weighted by atomic mass is 32.1. The number of nitrogens with one attached hydrogen (secondary N) is 1.